The van der Waals surface area contributed by atoms with Crippen LogP contribution in [0.5, 0.6) is 0 Å². The summed E-state index contributed by atoms with van der Waals surface area (Å²) in [4.78, 5) is 4.20. The van der Waals surface area contributed by atoms with Crippen molar-refractivity contribution in [1.29, 1.82) is 0 Å². The second kappa shape index (κ2) is 6.72. The SMILES string of the molecule is Fc1cc(-c2nc(CCl)cs2)ccc1COCC(F)(F)F. The molecule has 0 saturated heterocycles. The maximum atomic E-state index is 13.8. The minimum atomic E-state index is -4.42. The van der Waals surface area contributed by atoms with E-state index in [9.17, 15) is 17.6 Å². The van der Waals surface area contributed by atoms with Gasteiger partial charge in [-0.15, -0.1) is 22.9 Å². The molecule has 0 amide bonds. The highest BCUT2D eigenvalue weighted by molar-refractivity contribution is 7.13. The van der Waals surface area contributed by atoms with Gasteiger partial charge in [-0.1, -0.05) is 12.1 Å². The Hall–Kier alpha value is -1.18. The first-order valence-corrected chi connectivity index (χ1v) is 7.24. The number of hydrogen-bond acceptors (Lipinski definition) is 3. The first-order valence-electron chi connectivity index (χ1n) is 5.82. The summed E-state index contributed by atoms with van der Waals surface area (Å²) in [6, 6.07) is 4.21. The Kier molecular flexibility index (Phi) is 5.18. The molecule has 0 radical (unpaired) electrons. The lowest BCUT2D eigenvalue weighted by molar-refractivity contribution is -0.176. The van der Waals surface area contributed by atoms with Gasteiger partial charge in [0.2, 0.25) is 0 Å². The first-order chi connectivity index (χ1) is 9.89. The zero-order chi connectivity index (χ0) is 15.5. The Labute approximate surface area is 127 Å². The Balaban J connectivity index is 2.06. The van der Waals surface area contributed by atoms with E-state index in [1.165, 1.54) is 23.5 Å². The summed E-state index contributed by atoms with van der Waals surface area (Å²) < 4.78 is 54.1. The summed E-state index contributed by atoms with van der Waals surface area (Å²) in [5.41, 5.74) is 1.31. The van der Waals surface area contributed by atoms with Gasteiger partial charge in [0.05, 0.1) is 18.2 Å². The molecule has 1 aromatic carbocycles. The molecular formula is C13H10ClF4NOS. The molecule has 0 fully saturated rings. The van der Waals surface area contributed by atoms with Crippen LogP contribution in [0.25, 0.3) is 10.6 Å². The average molecular weight is 340 g/mol. The van der Waals surface area contributed by atoms with E-state index < -0.39 is 25.2 Å². The monoisotopic (exact) mass is 339 g/mol. The highest BCUT2D eigenvalue weighted by Gasteiger charge is 2.27. The molecule has 1 aromatic heterocycles. The van der Waals surface area contributed by atoms with Gasteiger partial charge in [0.25, 0.3) is 0 Å². The topological polar surface area (TPSA) is 22.1 Å². The molecule has 0 aliphatic carbocycles. The van der Waals surface area contributed by atoms with Crippen LogP contribution in [0.1, 0.15) is 11.3 Å². The van der Waals surface area contributed by atoms with Gasteiger partial charge in [-0.05, 0) is 6.07 Å². The van der Waals surface area contributed by atoms with E-state index in [1.54, 1.807) is 11.4 Å². The quantitative estimate of drug-likeness (QED) is 0.578. The van der Waals surface area contributed by atoms with Crippen molar-refractivity contribution in [3.63, 3.8) is 0 Å². The van der Waals surface area contributed by atoms with E-state index >= 15 is 0 Å². The summed E-state index contributed by atoms with van der Waals surface area (Å²) >= 11 is 6.96. The fourth-order valence-electron chi connectivity index (χ4n) is 1.58. The molecule has 2 aromatic rings. The van der Waals surface area contributed by atoms with Crippen molar-refractivity contribution in [2.24, 2.45) is 0 Å². The number of rotatable bonds is 5. The summed E-state index contributed by atoms with van der Waals surface area (Å²) in [5, 5.41) is 2.37. The average Bonchev–Trinajstić information content (AvgIpc) is 2.88. The number of thiazole rings is 1. The van der Waals surface area contributed by atoms with Crippen LogP contribution in [0.15, 0.2) is 23.6 Å². The van der Waals surface area contributed by atoms with E-state index in [4.69, 9.17) is 11.6 Å². The first kappa shape index (κ1) is 16.2. The Morgan fingerprint density at radius 1 is 1.29 bits per heavy atom. The van der Waals surface area contributed by atoms with Crippen molar-refractivity contribution in [3.8, 4) is 10.6 Å². The number of hydrogen-bond donors (Lipinski definition) is 0. The number of halogens is 5. The minimum absolute atomic E-state index is 0.0668. The van der Waals surface area contributed by atoms with Gasteiger partial charge in [0, 0.05) is 16.5 Å². The number of ether oxygens (including phenoxy) is 1. The van der Waals surface area contributed by atoms with Gasteiger partial charge in [0.15, 0.2) is 0 Å². The molecule has 0 aliphatic rings. The zero-order valence-corrected chi connectivity index (χ0v) is 12.2. The van der Waals surface area contributed by atoms with E-state index in [0.717, 1.165) is 0 Å². The summed E-state index contributed by atoms with van der Waals surface area (Å²) in [6.45, 7) is -1.84. The zero-order valence-electron chi connectivity index (χ0n) is 10.6. The third-order valence-corrected chi connectivity index (χ3v) is 3.73. The molecule has 2 nitrogen and oxygen atoms in total. The Morgan fingerprint density at radius 3 is 2.62 bits per heavy atom. The molecule has 8 heteroatoms. The Morgan fingerprint density at radius 2 is 2.05 bits per heavy atom. The predicted molar refractivity (Wildman–Crippen MR) is 72.8 cm³/mol. The van der Waals surface area contributed by atoms with Crippen molar-refractivity contribution in [2.45, 2.75) is 18.7 Å². The summed E-state index contributed by atoms with van der Waals surface area (Å²) in [6.07, 6.45) is -4.42. The van der Waals surface area contributed by atoms with Crippen LogP contribution in [0.4, 0.5) is 17.6 Å². The fourth-order valence-corrected chi connectivity index (χ4v) is 2.62. The van der Waals surface area contributed by atoms with Gasteiger partial charge in [0.1, 0.15) is 17.4 Å². The predicted octanol–water partition coefficient (Wildman–Crippen LogP) is 4.77. The molecule has 1 heterocycles. The lowest BCUT2D eigenvalue weighted by Gasteiger charge is -2.08. The number of aromatic nitrogens is 1. The fraction of sp³-hybridized carbons (Fsp3) is 0.308. The number of benzene rings is 1. The smallest absolute Gasteiger partial charge is 0.367 e. The van der Waals surface area contributed by atoms with E-state index in [1.807, 2.05) is 0 Å². The lowest BCUT2D eigenvalue weighted by atomic mass is 10.1. The van der Waals surface area contributed by atoms with Gasteiger partial charge in [-0.25, -0.2) is 9.37 Å². The van der Waals surface area contributed by atoms with Gasteiger partial charge >= 0.3 is 6.18 Å². The van der Waals surface area contributed by atoms with Gasteiger partial charge in [-0.2, -0.15) is 13.2 Å². The van der Waals surface area contributed by atoms with Crippen molar-refractivity contribution in [3.05, 3.63) is 40.7 Å². The highest BCUT2D eigenvalue weighted by atomic mass is 35.5. The second-order valence-corrected chi connectivity index (χ2v) is 5.32. The van der Waals surface area contributed by atoms with E-state index in [-0.39, 0.29) is 11.4 Å². The minimum Gasteiger partial charge on any atom is -0.367 e. The number of alkyl halides is 4. The van der Waals surface area contributed by atoms with Gasteiger partial charge in [-0.3, -0.25) is 0 Å². The molecule has 114 valence electrons. The molecule has 0 aliphatic heterocycles. The van der Waals surface area contributed by atoms with Crippen LogP contribution >= 0.6 is 22.9 Å². The molecule has 0 saturated carbocycles. The summed E-state index contributed by atoms with van der Waals surface area (Å²) in [5.74, 6) is -0.361. The van der Waals surface area contributed by atoms with Crippen LogP contribution in [0.2, 0.25) is 0 Å². The largest absolute Gasteiger partial charge is 0.411 e. The molecule has 21 heavy (non-hydrogen) atoms. The maximum Gasteiger partial charge on any atom is 0.411 e. The van der Waals surface area contributed by atoms with E-state index in [0.29, 0.717) is 16.3 Å². The van der Waals surface area contributed by atoms with Crippen LogP contribution in [-0.4, -0.2) is 17.8 Å². The van der Waals surface area contributed by atoms with Crippen molar-refractivity contribution < 1.29 is 22.3 Å². The molecule has 0 spiro atoms. The molecule has 0 N–H and O–H groups in total. The number of nitrogens with zero attached hydrogens (tertiary/aromatic N) is 1. The van der Waals surface area contributed by atoms with Crippen LogP contribution in [0, 0.1) is 5.82 Å². The lowest BCUT2D eigenvalue weighted by Crippen LogP contribution is -2.16. The third kappa shape index (κ3) is 4.66. The molecule has 0 bridgehead atoms. The maximum absolute atomic E-state index is 13.8. The molecule has 2 rings (SSSR count). The van der Waals surface area contributed by atoms with Crippen LogP contribution < -0.4 is 0 Å². The standard InChI is InChI=1S/C13H10ClF4NOS/c14-4-10-6-21-12(19-10)8-1-2-9(11(15)3-8)5-20-7-13(16,17)18/h1-3,6H,4-5,7H2. The van der Waals surface area contributed by atoms with Crippen molar-refractivity contribution in [1.82, 2.24) is 4.98 Å². The normalized spacial score (nSPS) is 11.9. The molecule has 0 unspecified atom stereocenters. The van der Waals surface area contributed by atoms with Crippen molar-refractivity contribution >= 4 is 22.9 Å². The van der Waals surface area contributed by atoms with Crippen molar-refractivity contribution in [2.75, 3.05) is 6.61 Å². The summed E-state index contributed by atoms with van der Waals surface area (Å²) in [7, 11) is 0. The third-order valence-electron chi connectivity index (χ3n) is 2.51. The highest BCUT2D eigenvalue weighted by Crippen LogP contribution is 2.26. The second-order valence-electron chi connectivity index (χ2n) is 4.19. The van der Waals surface area contributed by atoms with Gasteiger partial charge < -0.3 is 4.74 Å². The molecule has 0 atom stereocenters. The van der Waals surface area contributed by atoms with Crippen LogP contribution in [0.3, 0.4) is 0 Å². The van der Waals surface area contributed by atoms with Crippen LogP contribution in [-0.2, 0) is 17.2 Å². The Bertz CT molecular complexity index is 614. The molecular weight excluding hydrogens is 330 g/mol. The van der Waals surface area contributed by atoms with E-state index in [2.05, 4.69) is 9.72 Å².